The minimum absolute atomic E-state index is 0.186. The number of benzene rings is 1. The fourth-order valence-electron chi connectivity index (χ4n) is 3.17. The third-order valence-corrected chi connectivity index (χ3v) is 4.69. The molecule has 152 valence electrons. The standard InChI is InChI=1S/C18H22F3N5O2/c1-28-13-4-2-12(3-5-13)16-14(10-24-25-16)17(27)23-11-15(18(19,20)21)26-8-6-22-7-9-26/h2-5,10,15,22H,6-9,11H2,1H3,(H,23,27)(H,24,25). The van der Waals surface area contributed by atoms with Crippen molar-refractivity contribution in [3.8, 4) is 17.0 Å². The number of nitrogens with zero attached hydrogens (tertiary/aromatic N) is 2. The second-order valence-corrected chi connectivity index (χ2v) is 6.44. The van der Waals surface area contributed by atoms with E-state index in [1.165, 1.54) is 11.1 Å². The summed E-state index contributed by atoms with van der Waals surface area (Å²) in [6.07, 6.45) is -3.12. The maximum atomic E-state index is 13.5. The van der Waals surface area contributed by atoms with Crippen molar-refractivity contribution in [2.24, 2.45) is 0 Å². The number of methoxy groups -OCH3 is 1. The summed E-state index contributed by atoms with van der Waals surface area (Å²) in [5, 5.41) is 12.0. The Kier molecular flexibility index (Phi) is 6.20. The summed E-state index contributed by atoms with van der Waals surface area (Å²) in [5.74, 6) is 0.0438. The molecule has 1 unspecified atom stereocenters. The number of amides is 1. The number of rotatable bonds is 6. The van der Waals surface area contributed by atoms with Crippen molar-refractivity contribution in [3.05, 3.63) is 36.0 Å². The van der Waals surface area contributed by atoms with Gasteiger partial charge in [-0.2, -0.15) is 18.3 Å². The van der Waals surface area contributed by atoms with Gasteiger partial charge in [0.15, 0.2) is 0 Å². The maximum absolute atomic E-state index is 13.5. The van der Waals surface area contributed by atoms with Crippen LogP contribution in [0.1, 0.15) is 10.4 Å². The van der Waals surface area contributed by atoms with E-state index in [0.717, 1.165) is 0 Å². The Labute approximate surface area is 160 Å². The summed E-state index contributed by atoms with van der Waals surface area (Å²) >= 11 is 0. The first-order valence-corrected chi connectivity index (χ1v) is 8.87. The number of hydrogen-bond acceptors (Lipinski definition) is 5. The number of piperazine rings is 1. The lowest BCUT2D eigenvalue weighted by Gasteiger charge is -2.35. The number of carbonyl (C=O) groups excluding carboxylic acids is 1. The monoisotopic (exact) mass is 397 g/mol. The quantitative estimate of drug-likeness (QED) is 0.691. The first-order valence-electron chi connectivity index (χ1n) is 8.87. The molecule has 1 aromatic carbocycles. The Hall–Kier alpha value is -2.59. The van der Waals surface area contributed by atoms with E-state index in [0.29, 0.717) is 30.1 Å². The molecule has 2 aromatic rings. The summed E-state index contributed by atoms with van der Waals surface area (Å²) in [4.78, 5) is 13.9. The number of nitrogens with one attached hydrogen (secondary N) is 3. The molecule has 3 rings (SSSR count). The van der Waals surface area contributed by atoms with Gasteiger partial charge >= 0.3 is 6.18 Å². The fraction of sp³-hybridized carbons (Fsp3) is 0.444. The van der Waals surface area contributed by atoms with E-state index in [2.05, 4.69) is 20.8 Å². The van der Waals surface area contributed by atoms with E-state index in [1.807, 2.05) is 0 Å². The van der Waals surface area contributed by atoms with Gasteiger partial charge in [0.1, 0.15) is 11.8 Å². The van der Waals surface area contributed by atoms with E-state index < -0.39 is 24.7 Å². The van der Waals surface area contributed by atoms with Crippen molar-refractivity contribution in [2.75, 3.05) is 39.8 Å². The van der Waals surface area contributed by atoms with Crippen LogP contribution in [0.2, 0.25) is 0 Å². The lowest BCUT2D eigenvalue weighted by Crippen LogP contribution is -2.57. The molecule has 1 aromatic heterocycles. The summed E-state index contributed by atoms with van der Waals surface area (Å²) in [7, 11) is 1.54. The van der Waals surface area contributed by atoms with Gasteiger partial charge in [-0.15, -0.1) is 0 Å². The Bertz CT molecular complexity index is 785. The van der Waals surface area contributed by atoms with Crippen molar-refractivity contribution in [1.82, 2.24) is 25.7 Å². The number of alkyl halides is 3. The number of H-pyrrole nitrogens is 1. The molecule has 1 fully saturated rings. The Morgan fingerprint density at radius 2 is 1.96 bits per heavy atom. The molecule has 0 saturated carbocycles. The van der Waals surface area contributed by atoms with Crippen molar-refractivity contribution in [2.45, 2.75) is 12.2 Å². The average molecular weight is 397 g/mol. The predicted molar refractivity (Wildman–Crippen MR) is 97.2 cm³/mol. The van der Waals surface area contributed by atoms with E-state index in [-0.39, 0.29) is 18.7 Å². The van der Waals surface area contributed by atoms with Gasteiger partial charge in [-0.1, -0.05) is 0 Å². The molecule has 1 saturated heterocycles. The van der Waals surface area contributed by atoms with Crippen molar-refractivity contribution in [1.29, 1.82) is 0 Å². The van der Waals surface area contributed by atoms with Gasteiger partial charge in [0.2, 0.25) is 0 Å². The molecule has 0 radical (unpaired) electrons. The summed E-state index contributed by atoms with van der Waals surface area (Å²) < 4.78 is 45.5. The minimum atomic E-state index is -4.43. The van der Waals surface area contributed by atoms with Crippen LogP contribution in [0.3, 0.4) is 0 Å². The number of halogens is 3. The molecule has 3 N–H and O–H groups in total. The molecule has 28 heavy (non-hydrogen) atoms. The highest BCUT2D eigenvalue weighted by molar-refractivity contribution is 5.99. The average Bonchev–Trinajstić information content (AvgIpc) is 3.18. The highest BCUT2D eigenvalue weighted by Crippen LogP contribution is 2.26. The molecular formula is C18H22F3N5O2. The molecule has 0 bridgehead atoms. The van der Waals surface area contributed by atoms with E-state index in [1.54, 1.807) is 31.4 Å². The highest BCUT2D eigenvalue weighted by atomic mass is 19.4. The van der Waals surface area contributed by atoms with Crippen molar-refractivity contribution >= 4 is 5.91 Å². The molecule has 7 nitrogen and oxygen atoms in total. The highest BCUT2D eigenvalue weighted by Gasteiger charge is 2.43. The molecule has 0 spiro atoms. The molecule has 1 atom stereocenters. The number of aromatic amines is 1. The minimum Gasteiger partial charge on any atom is -0.497 e. The summed E-state index contributed by atoms with van der Waals surface area (Å²) in [5.41, 5.74) is 1.30. The lowest BCUT2D eigenvalue weighted by molar-refractivity contribution is -0.183. The van der Waals surface area contributed by atoms with Crippen LogP contribution in [-0.4, -0.2) is 73.1 Å². The molecule has 1 aliphatic heterocycles. The van der Waals surface area contributed by atoms with Crippen LogP contribution in [0.5, 0.6) is 5.75 Å². The zero-order chi connectivity index (χ0) is 20.1. The molecule has 0 aliphatic carbocycles. The smallest absolute Gasteiger partial charge is 0.405 e. The zero-order valence-corrected chi connectivity index (χ0v) is 15.3. The van der Waals surface area contributed by atoms with Crippen LogP contribution >= 0.6 is 0 Å². The van der Waals surface area contributed by atoms with Crippen LogP contribution in [-0.2, 0) is 0 Å². The van der Waals surface area contributed by atoms with E-state index in [4.69, 9.17) is 4.74 Å². The second kappa shape index (κ2) is 8.61. The Morgan fingerprint density at radius 3 is 2.57 bits per heavy atom. The predicted octanol–water partition coefficient (Wildman–Crippen LogP) is 1.65. The topological polar surface area (TPSA) is 82.3 Å². The van der Waals surface area contributed by atoms with Gasteiger partial charge in [0.05, 0.1) is 24.6 Å². The fourth-order valence-corrected chi connectivity index (χ4v) is 3.17. The molecule has 10 heteroatoms. The normalized spacial score (nSPS) is 16.6. The first kappa shape index (κ1) is 20.2. The summed E-state index contributed by atoms with van der Waals surface area (Å²) in [6, 6.07) is 5.20. The number of ether oxygens (including phenoxy) is 1. The van der Waals surface area contributed by atoms with Gasteiger partial charge in [-0.05, 0) is 24.3 Å². The molecule has 2 heterocycles. The van der Waals surface area contributed by atoms with Crippen LogP contribution in [0.25, 0.3) is 11.3 Å². The SMILES string of the molecule is COc1ccc(-c2[nH]ncc2C(=O)NCC(N2CCNCC2)C(F)(F)F)cc1. The third-order valence-electron chi connectivity index (χ3n) is 4.69. The van der Waals surface area contributed by atoms with Crippen LogP contribution in [0, 0.1) is 0 Å². The van der Waals surface area contributed by atoms with Gasteiger partial charge in [-0.25, -0.2) is 0 Å². The van der Waals surface area contributed by atoms with Gasteiger partial charge in [0, 0.05) is 38.3 Å². The van der Waals surface area contributed by atoms with Crippen LogP contribution in [0.15, 0.2) is 30.5 Å². The number of aromatic nitrogens is 2. The van der Waals surface area contributed by atoms with Crippen LogP contribution < -0.4 is 15.4 Å². The first-order chi connectivity index (χ1) is 13.4. The maximum Gasteiger partial charge on any atom is 0.405 e. The Morgan fingerprint density at radius 1 is 1.29 bits per heavy atom. The van der Waals surface area contributed by atoms with Crippen LogP contribution in [0.4, 0.5) is 13.2 Å². The number of hydrogen-bond donors (Lipinski definition) is 3. The van der Waals surface area contributed by atoms with E-state index in [9.17, 15) is 18.0 Å². The lowest BCUT2D eigenvalue weighted by atomic mass is 10.1. The van der Waals surface area contributed by atoms with E-state index >= 15 is 0 Å². The van der Waals surface area contributed by atoms with Gasteiger partial charge < -0.3 is 15.4 Å². The third kappa shape index (κ3) is 4.63. The Balaban J connectivity index is 1.71. The molecule has 1 amide bonds. The molecule has 1 aliphatic rings. The largest absolute Gasteiger partial charge is 0.497 e. The summed E-state index contributed by atoms with van der Waals surface area (Å²) in [6.45, 7) is 1.02. The second-order valence-electron chi connectivity index (χ2n) is 6.44. The molecular weight excluding hydrogens is 375 g/mol. The van der Waals surface area contributed by atoms with Gasteiger partial charge in [0.25, 0.3) is 5.91 Å². The number of carbonyl (C=O) groups is 1. The zero-order valence-electron chi connectivity index (χ0n) is 15.3. The van der Waals surface area contributed by atoms with Gasteiger partial charge in [-0.3, -0.25) is 14.8 Å². The van der Waals surface area contributed by atoms with Crippen molar-refractivity contribution < 1.29 is 22.7 Å². The van der Waals surface area contributed by atoms with Crippen molar-refractivity contribution in [3.63, 3.8) is 0 Å².